The fourth-order valence-electron chi connectivity index (χ4n) is 2.89. The molecule has 0 aromatic heterocycles. The lowest BCUT2D eigenvalue weighted by Crippen LogP contribution is -2.21. The molecule has 3 aromatic rings. The number of amides is 3. The highest BCUT2D eigenvalue weighted by atomic mass is 16.5. The summed E-state index contributed by atoms with van der Waals surface area (Å²) in [4.78, 5) is 24.3. The van der Waals surface area contributed by atoms with Gasteiger partial charge < -0.3 is 25.4 Å². The Kier molecular flexibility index (Phi) is 7.86. The first-order valence-electron chi connectivity index (χ1n) is 10.0. The maximum atomic E-state index is 12.3. The summed E-state index contributed by atoms with van der Waals surface area (Å²) in [6.07, 6.45) is 3.88. The van der Waals surface area contributed by atoms with Crippen LogP contribution in [0.15, 0.2) is 78.9 Å². The summed E-state index contributed by atoms with van der Waals surface area (Å²) in [6.45, 7) is 1.77. The highest BCUT2D eigenvalue weighted by molar-refractivity contribution is 6.00. The molecule has 0 radical (unpaired) electrons. The van der Waals surface area contributed by atoms with Crippen molar-refractivity contribution in [3.63, 3.8) is 0 Å². The van der Waals surface area contributed by atoms with E-state index >= 15 is 0 Å². The molecule has 0 saturated carbocycles. The van der Waals surface area contributed by atoms with Crippen molar-refractivity contribution in [2.24, 2.45) is 0 Å². The number of hydrogen-bond donors (Lipinski definition) is 3. The fourth-order valence-corrected chi connectivity index (χ4v) is 2.89. The molecule has 32 heavy (non-hydrogen) atoms. The third-order valence-corrected chi connectivity index (χ3v) is 4.36. The van der Waals surface area contributed by atoms with Crippen LogP contribution in [0, 0.1) is 0 Å². The summed E-state index contributed by atoms with van der Waals surface area (Å²) < 4.78 is 10.9. The van der Waals surface area contributed by atoms with E-state index in [9.17, 15) is 9.59 Å². The van der Waals surface area contributed by atoms with Crippen LogP contribution in [-0.4, -0.2) is 25.7 Å². The molecule has 3 rings (SSSR count). The number of benzene rings is 3. The van der Waals surface area contributed by atoms with Crippen molar-refractivity contribution < 1.29 is 19.1 Å². The second-order valence-electron chi connectivity index (χ2n) is 6.77. The molecule has 0 spiro atoms. The van der Waals surface area contributed by atoms with Crippen molar-refractivity contribution in [1.82, 2.24) is 0 Å². The molecule has 164 valence electrons. The first kappa shape index (κ1) is 22.4. The molecule has 0 fully saturated rings. The maximum absolute atomic E-state index is 12.3. The van der Waals surface area contributed by atoms with Crippen LogP contribution in [0.5, 0.6) is 11.5 Å². The number of urea groups is 1. The minimum atomic E-state index is -0.351. The molecule has 3 N–H and O–H groups in total. The smallest absolute Gasteiger partial charge is 0.323 e. The van der Waals surface area contributed by atoms with Gasteiger partial charge in [-0.25, -0.2) is 4.79 Å². The monoisotopic (exact) mass is 431 g/mol. The number of rotatable bonds is 8. The standard InChI is InChI=1S/C25H25N3O4/c1-3-7-18-10-15-22(23(16-18)31-2)32-17-24(29)26-20-11-13-21(14-12-20)28-25(30)27-19-8-5-4-6-9-19/h3-16H,17H2,1-2H3,(H,26,29)(H2,27,28,30)/b7-3+. The van der Waals surface area contributed by atoms with Gasteiger partial charge in [-0.05, 0) is 61.0 Å². The average molecular weight is 431 g/mol. The summed E-state index contributed by atoms with van der Waals surface area (Å²) in [5.74, 6) is 0.726. The van der Waals surface area contributed by atoms with Gasteiger partial charge in [0.25, 0.3) is 5.91 Å². The third kappa shape index (κ3) is 6.63. The SMILES string of the molecule is C/C=C/c1ccc(OCC(=O)Nc2ccc(NC(=O)Nc3ccccc3)cc2)c(OC)c1. The van der Waals surface area contributed by atoms with Gasteiger partial charge in [0.05, 0.1) is 7.11 Å². The lowest BCUT2D eigenvalue weighted by Gasteiger charge is -2.12. The Morgan fingerprint density at radius 2 is 1.44 bits per heavy atom. The Morgan fingerprint density at radius 1 is 0.812 bits per heavy atom. The number of nitrogens with one attached hydrogen (secondary N) is 3. The molecule has 0 aliphatic carbocycles. The van der Waals surface area contributed by atoms with Crippen LogP contribution >= 0.6 is 0 Å². The number of hydrogen-bond acceptors (Lipinski definition) is 4. The molecule has 0 aliphatic rings. The molecule has 0 aliphatic heterocycles. The molecule has 7 heteroatoms. The van der Waals surface area contributed by atoms with Crippen LogP contribution in [-0.2, 0) is 4.79 Å². The van der Waals surface area contributed by atoms with Crippen LogP contribution in [0.4, 0.5) is 21.9 Å². The summed E-state index contributed by atoms with van der Waals surface area (Å²) in [7, 11) is 1.55. The highest BCUT2D eigenvalue weighted by Crippen LogP contribution is 2.28. The predicted octanol–water partition coefficient (Wildman–Crippen LogP) is 5.39. The van der Waals surface area contributed by atoms with Crippen molar-refractivity contribution in [3.05, 3.63) is 84.4 Å². The van der Waals surface area contributed by atoms with Gasteiger partial charge in [-0.3, -0.25) is 4.79 Å². The van der Waals surface area contributed by atoms with Crippen LogP contribution in [0.3, 0.4) is 0 Å². The van der Waals surface area contributed by atoms with Crippen LogP contribution in [0.1, 0.15) is 12.5 Å². The van der Waals surface area contributed by atoms with Crippen molar-refractivity contribution in [2.75, 3.05) is 29.7 Å². The van der Waals surface area contributed by atoms with Crippen molar-refractivity contribution in [1.29, 1.82) is 0 Å². The minimum Gasteiger partial charge on any atom is -0.493 e. The van der Waals surface area contributed by atoms with Crippen molar-refractivity contribution in [2.45, 2.75) is 6.92 Å². The number of para-hydroxylation sites is 1. The minimum absolute atomic E-state index is 0.168. The van der Waals surface area contributed by atoms with Gasteiger partial charge in [-0.2, -0.15) is 0 Å². The average Bonchev–Trinajstić information content (AvgIpc) is 2.80. The zero-order valence-corrected chi connectivity index (χ0v) is 17.9. The fraction of sp³-hybridized carbons (Fsp3) is 0.120. The number of allylic oxidation sites excluding steroid dienone is 1. The van der Waals surface area contributed by atoms with Gasteiger partial charge in [0.15, 0.2) is 18.1 Å². The van der Waals surface area contributed by atoms with Gasteiger partial charge in [0.1, 0.15) is 0 Å². The van der Waals surface area contributed by atoms with E-state index in [0.717, 1.165) is 5.56 Å². The molecule has 0 heterocycles. The first-order chi connectivity index (χ1) is 15.6. The lowest BCUT2D eigenvalue weighted by molar-refractivity contribution is -0.118. The molecule has 0 bridgehead atoms. The number of methoxy groups -OCH3 is 1. The highest BCUT2D eigenvalue weighted by Gasteiger charge is 2.09. The molecule has 7 nitrogen and oxygen atoms in total. The van der Waals surface area contributed by atoms with Crippen LogP contribution < -0.4 is 25.4 Å². The molecule has 0 atom stereocenters. The normalized spacial score (nSPS) is 10.4. The van der Waals surface area contributed by atoms with Crippen LogP contribution in [0.2, 0.25) is 0 Å². The van der Waals surface area contributed by atoms with Crippen molar-refractivity contribution in [3.8, 4) is 11.5 Å². The quantitative estimate of drug-likeness (QED) is 0.446. The Hall–Kier alpha value is -4.26. The predicted molar refractivity (Wildman–Crippen MR) is 127 cm³/mol. The van der Waals surface area contributed by atoms with Crippen molar-refractivity contribution >= 4 is 35.1 Å². The topological polar surface area (TPSA) is 88.7 Å². The zero-order valence-electron chi connectivity index (χ0n) is 17.9. The van der Waals surface area contributed by atoms with E-state index in [4.69, 9.17) is 9.47 Å². The van der Waals surface area contributed by atoms with Gasteiger partial charge in [-0.15, -0.1) is 0 Å². The largest absolute Gasteiger partial charge is 0.493 e. The number of ether oxygens (including phenoxy) is 2. The Balaban J connectivity index is 1.50. The summed E-state index contributed by atoms with van der Waals surface area (Å²) in [5, 5.41) is 8.23. The molecular formula is C25H25N3O4. The Labute approximate surface area is 187 Å². The second-order valence-corrected chi connectivity index (χ2v) is 6.77. The molecule has 3 aromatic carbocycles. The van der Waals surface area contributed by atoms with Gasteiger partial charge in [-0.1, -0.05) is 36.4 Å². The molecule has 3 amide bonds. The van der Waals surface area contributed by atoms with Gasteiger partial charge >= 0.3 is 6.03 Å². The van der Waals surface area contributed by atoms with E-state index in [-0.39, 0.29) is 18.5 Å². The zero-order chi connectivity index (χ0) is 22.8. The Bertz CT molecular complexity index is 1080. The van der Waals surface area contributed by atoms with E-state index in [1.54, 1.807) is 49.6 Å². The molecule has 0 saturated heterocycles. The molecule has 0 unspecified atom stereocenters. The first-order valence-corrected chi connectivity index (χ1v) is 10.0. The van der Waals surface area contributed by atoms with Gasteiger partial charge in [0.2, 0.25) is 0 Å². The third-order valence-electron chi connectivity index (χ3n) is 4.36. The van der Waals surface area contributed by atoms with Crippen LogP contribution in [0.25, 0.3) is 6.08 Å². The number of carbonyl (C=O) groups excluding carboxylic acids is 2. The molecular weight excluding hydrogens is 406 g/mol. The van der Waals surface area contributed by atoms with E-state index < -0.39 is 0 Å². The maximum Gasteiger partial charge on any atom is 0.323 e. The summed E-state index contributed by atoms with van der Waals surface area (Å²) in [6, 6.07) is 21.1. The Morgan fingerprint density at radius 3 is 2.06 bits per heavy atom. The summed E-state index contributed by atoms with van der Waals surface area (Å²) in [5.41, 5.74) is 2.86. The second kappa shape index (κ2) is 11.2. The lowest BCUT2D eigenvalue weighted by atomic mass is 10.2. The van der Waals surface area contributed by atoms with E-state index in [1.807, 2.05) is 49.4 Å². The summed E-state index contributed by atoms with van der Waals surface area (Å²) >= 11 is 0. The van der Waals surface area contributed by atoms with E-state index in [1.165, 1.54) is 0 Å². The van der Waals surface area contributed by atoms with Gasteiger partial charge in [0, 0.05) is 17.1 Å². The van der Waals surface area contributed by atoms with E-state index in [0.29, 0.717) is 28.6 Å². The number of anilines is 3. The van der Waals surface area contributed by atoms with E-state index in [2.05, 4.69) is 16.0 Å². The number of carbonyl (C=O) groups is 2.